The van der Waals surface area contributed by atoms with Crippen molar-refractivity contribution in [2.45, 2.75) is 45.4 Å². The van der Waals surface area contributed by atoms with Crippen LogP contribution in [-0.2, 0) is 19.3 Å². The Morgan fingerprint density at radius 1 is 0.714 bits per heavy atom. The molecule has 0 radical (unpaired) electrons. The van der Waals surface area contributed by atoms with E-state index in [1.54, 1.807) is 0 Å². The number of benzene rings is 3. The molecule has 0 spiro atoms. The van der Waals surface area contributed by atoms with Crippen LogP contribution in [0, 0.1) is 17.5 Å². The normalized spacial score (nSPS) is 12.6. The maximum atomic E-state index is 13.6. The third kappa shape index (κ3) is 3.58. The van der Waals surface area contributed by atoms with Gasteiger partial charge in [-0.1, -0.05) is 56.2 Å². The molecule has 0 aliphatic heterocycles. The van der Waals surface area contributed by atoms with Gasteiger partial charge in [-0.05, 0) is 76.8 Å². The summed E-state index contributed by atoms with van der Waals surface area (Å²) >= 11 is 0. The molecule has 0 saturated heterocycles. The van der Waals surface area contributed by atoms with Gasteiger partial charge in [-0.25, -0.2) is 13.2 Å². The highest BCUT2D eigenvalue weighted by Gasteiger charge is 2.18. The number of unbranched alkanes of at least 4 members (excludes halogenated alkanes) is 2. The molecule has 0 aromatic heterocycles. The van der Waals surface area contributed by atoms with E-state index in [1.165, 1.54) is 41.5 Å². The molecular weight excluding hydrogens is 357 g/mol. The van der Waals surface area contributed by atoms with Crippen LogP contribution in [0.25, 0.3) is 22.3 Å². The molecule has 28 heavy (non-hydrogen) atoms. The highest BCUT2D eigenvalue weighted by Crippen LogP contribution is 2.37. The zero-order valence-electron chi connectivity index (χ0n) is 16.0. The lowest BCUT2D eigenvalue weighted by Crippen LogP contribution is -2.05. The molecule has 0 nitrogen and oxygen atoms in total. The summed E-state index contributed by atoms with van der Waals surface area (Å²) in [7, 11) is 0. The molecule has 0 heterocycles. The first-order valence-electron chi connectivity index (χ1n) is 9.97. The first kappa shape index (κ1) is 18.8. The second kappa shape index (κ2) is 7.83. The summed E-state index contributed by atoms with van der Waals surface area (Å²) in [5, 5.41) is 0. The first-order valence-corrected chi connectivity index (χ1v) is 9.97. The number of halogens is 3. The van der Waals surface area contributed by atoms with Gasteiger partial charge >= 0.3 is 0 Å². The van der Waals surface area contributed by atoms with E-state index in [4.69, 9.17) is 0 Å². The standard InChI is InChI=1S/C25H23F3/c1-2-3-4-5-16-6-10-21-18(12-16)7-8-19-13-17(9-11-22(19)21)20-14-23(26)25(28)24(27)15-20/h6,9-15H,2-5,7-8H2,1H3. The van der Waals surface area contributed by atoms with Crippen LogP contribution in [0.1, 0.15) is 42.9 Å². The van der Waals surface area contributed by atoms with Gasteiger partial charge in [-0.3, -0.25) is 0 Å². The van der Waals surface area contributed by atoms with Crippen molar-refractivity contribution in [2.24, 2.45) is 0 Å². The van der Waals surface area contributed by atoms with Gasteiger partial charge < -0.3 is 0 Å². The average molecular weight is 380 g/mol. The fraction of sp³-hybridized carbons (Fsp3) is 0.280. The molecule has 0 atom stereocenters. The van der Waals surface area contributed by atoms with E-state index in [2.05, 4.69) is 25.1 Å². The highest BCUT2D eigenvalue weighted by molar-refractivity contribution is 5.77. The minimum absolute atomic E-state index is 0.358. The quantitative estimate of drug-likeness (QED) is 0.322. The Bertz CT molecular complexity index is 997. The SMILES string of the molecule is CCCCCc1ccc2c(c1)CCc1cc(-c3cc(F)c(F)c(F)c3)ccc1-2. The number of hydrogen-bond donors (Lipinski definition) is 0. The molecule has 0 amide bonds. The third-order valence-corrected chi connectivity index (χ3v) is 5.61. The number of hydrogen-bond acceptors (Lipinski definition) is 0. The second-order valence-electron chi connectivity index (χ2n) is 7.57. The predicted octanol–water partition coefficient (Wildman–Crippen LogP) is 7.27. The van der Waals surface area contributed by atoms with Gasteiger partial charge in [0.05, 0.1) is 0 Å². The van der Waals surface area contributed by atoms with Crippen molar-refractivity contribution in [3.8, 4) is 22.3 Å². The molecule has 0 bridgehead atoms. The topological polar surface area (TPSA) is 0 Å². The molecule has 144 valence electrons. The second-order valence-corrected chi connectivity index (χ2v) is 7.57. The van der Waals surface area contributed by atoms with Gasteiger partial charge in [0.25, 0.3) is 0 Å². The summed E-state index contributed by atoms with van der Waals surface area (Å²) < 4.78 is 40.4. The molecule has 3 aromatic carbocycles. The van der Waals surface area contributed by atoms with Crippen LogP contribution in [0.4, 0.5) is 13.2 Å². The Labute approximate surface area is 164 Å². The summed E-state index contributed by atoms with van der Waals surface area (Å²) in [5.41, 5.74) is 7.40. The highest BCUT2D eigenvalue weighted by atomic mass is 19.2. The van der Waals surface area contributed by atoms with Gasteiger partial charge in [0.1, 0.15) is 0 Å². The van der Waals surface area contributed by atoms with Crippen molar-refractivity contribution in [2.75, 3.05) is 0 Å². The van der Waals surface area contributed by atoms with Crippen molar-refractivity contribution in [3.05, 3.63) is 82.7 Å². The van der Waals surface area contributed by atoms with Crippen molar-refractivity contribution in [3.63, 3.8) is 0 Å². The molecule has 0 saturated carbocycles. The monoisotopic (exact) mass is 380 g/mol. The van der Waals surface area contributed by atoms with Crippen molar-refractivity contribution < 1.29 is 13.2 Å². The Balaban J connectivity index is 1.65. The van der Waals surface area contributed by atoms with E-state index in [-0.39, 0.29) is 0 Å². The fourth-order valence-corrected chi connectivity index (χ4v) is 4.09. The van der Waals surface area contributed by atoms with Gasteiger partial charge in [-0.2, -0.15) is 0 Å². The van der Waals surface area contributed by atoms with Gasteiger partial charge in [0, 0.05) is 0 Å². The van der Waals surface area contributed by atoms with Crippen LogP contribution < -0.4 is 0 Å². The van der Waals surface area contributed by atoms with E-state index in [1.807, 2.05) is 18.2 Å². The largest absolute Gasteiger partial charge is 0.204 e. The predicted molar refractivity (Wildman–Crippen MR) is 108 cm³/mol. The molecule has 3 heteroatoms. The smallest absolute Gasteiger partial charge is 0.194 e. The molecule has 4 rings (SSSR count). The number of aryl methyl sites for hydroxylation is 3. The van der Waals surface area contributed by atoms with E-state index >= 15 is 0 Å². The Kier molecular flexibility index (Phi) is 5.25. The molecule has 0 N–H and O–H groups in total. The molecule has 1 aliphatic carbocycles. The molecular formula is C25H23F3. The summed E-state index contributed by atoms with van der Waals surface area (Å²) in [6.07, 6.45) is 6.67. The number of rotatable bonds is 5. The molecule has 0 fully saturated rings. The van der Waals surface area contributed by atoms with Crippen LogP contribution in [0.5, 0.6) is 0 Å². The van der Waals surface area contributed by atoms with Crippen LogP contribution in [0.15, 0.2) is 48.5 Å². The van der Waals surface area contributed by atoms with E-state index < -0.39 is 17.5 Å². The summed E-state index contributed by atoms with van der Waals surface area (Å²) in [6.45, 7) is 2.22. The Hall–Kier alpha value is -2.55. The molecule has 1 aliphatic rings. The van der Waals surface area contributed by atoms with Crippen LogP contribution >= 0.6 is 0 Å². The lowest BCUT2D eigenvalue weighted by Gasteiger charge is -2.22. The molecule has 3 aromatic rings. The van der Waals surface area contributed by atoms with Crippen LogP contribution in [0.3, 0.4) is 0 Å². The van der Waals surface area contributed by atoms with E-state index in [0.29, 0.717) is 11.1 Å². The van der Waals surface area contributed by atoms with Crippen molar-refractivity contribution >= 4 is 0 Å². The molecule has 0 unspecified atom stereocenters. The zero-order valence-corrected chi connectivity index (χ0v) is 16.0. The average Bonchev–Trinajstić information content (AvgIpc) is 2.71. The lowest BCUT2D eigenvalue weighted by atomic mass is 9.83. The summed E-state index contributed by atoms with van der Waals surface area (Å²) in [4.78, 5) is 0. The maximum Gasteiger partial charge on any atom is 0.194 e. The minimum atomic E-state index is -1.43. The van der Waals surface area contributed by atoms with Gasteiger partial charge in [0.2, 0.25) is 0 Å². The Morgan fingerprint density at radius 2 is 1.36 bits per heavy atom. The zero-order chi connectivity index (χ0) is 19.7. The van der Waals surface area contributed by atoms with Gasteiger partial charge in [-0.15, -0.1) is 0 Å². The first-order chi connectivity index (χ1) is 13.6. The Morgan fingerprint density at radius 3 is 2.04 bits per heavy atom. The van der Waals surface area contributed by atoms with E-state index in [9.17, 15) is 13.2 Å². The van der Waals surface area contributed by atoms with Crippen LogP contribution in [0.2, 0.25) is 0 Å². The third-order valence-electron chi connectivity index (χ3n) is 5.61. The van der Waals surface area contributed by atoms with Crippen molar-refractivity contribution in [1.82, 2.24) is 0 Å². The van der Waals surface area contributed by atoms with Gasteiger partial charge in [0.15, 0.2) is 17.5 Å². The lowest BCUT2D eigenvalue weighted by molar-refractivity contribution is 0.447. The fourth-order valence-electron chi connectivity index (χ4n) is 4.09. The number of fused-ring (bicyclic) bond motifs is 3. The maximum absolute atomic E-state index is 13.6. The van der Waals surface area contributed by atoms with Crippen LogP contribution in [-0.4, -0.2) is 0 Å². The van der Waals surface area contributed by atoms with Crippen molar-refractivity contribution in [1.29, 1.82) is 0 Å². The van der Waals surface area contributed by atoms with E-state index in [0.717, 1.165) is 37.0 Å². The minimum Gasteiger partial charge on any atom is -0.204 e. The summed E-state index contributed by atoms with van der Waals surface area (Å²) in [6, 6.07) is 14.7. The summed E-state index contributed by atoms with van der Waals surface area (Å²) in [5.74, 6) is -3.74.